The molecule has 6 heteroatoms. The first-order valence-electron chi connectivity index (χ1n) is 8.22. The molecule has 1 heterocycles. The second-order valence-electron chi connectivity index (χ2n) is 6.18. The van der Waals surface area contributed by atoms with Crippen LogP contribution >= 0.6 is 15.9 Å². The maximum absolute atomic E-state index is 12.3. The molecule has 136 valence electrons. The van der Waals surface area contributed by atoms with Gasteiger partial charge in [0.25, 0.3) is 0 Å². The summed E-state index contributed by atoms with van der Waals surface area (Å²) in [5, 5.41) is 3.67. The van der Waals surface area contributed by atoms with Gasteiger partial charge in [0.2, 0.25) is 5.91 Å². The minimum absolute atomic E-state index is 0.165. The standard InChI is InChI=1S/C21H17BrN2O3/c1-3-14-5-4-6-17(9-14)23-20(25)13-24(2)12-15-10-21(26)27-19-11-16(22)7-8-18(15)19/h1,4-11H,12-13H2,2H3,(H,23,25). The predicted octanol–water partition coefficient (Wildman–Crippen LogP) is 3.61. The number of fused-ring (bicyclic) bond motifs is 1. The van der Waals surface area contributed by atoms with Crippen LogP contribution in [0.25, 0.3) is 11.0 Å². The van der Waals surface area contributed by atoms with Crippen molar-refractivity contribution >= 4 is 38.5 Å². The Morgan fingerprint density at radius 1 is 1.26 bits per heavy atom. The van der Waals surface area contributed by atoms with Gasteiger partial charge in [0, 0.05) is 33.7 Å². The van der Waals surface area contributed by atoms with Crippen LogP contribution in [0.2, 0.25) is 0 Å². The number of likely N-dealkylation sites (N-methyl/N-ethyl adjacent to an activating group) is 1. The average Bonchev–Trinajstić information content (AvgIpc) is 2.61. The number of nitrogens with one attached hydrogen (secondary N) is 1. The molecule has 1 amide bonds. The van der Waals surface area contributed by atoms with Crippen molar-refractivity contribution in [3.05, 3.63) is 74.6 Å². The molecule has 0 unspecified atom stereocenters. The van der Waals surface area contributed by atoms with E-state index in [0.29, 0.717) is 23.4 Å². The Morgan fingerprint density at radius 2 is 2.07 bits per heavy atom. The summed E-state index contributed by atoms with van der Waals surface area (Å²) in [6, 6.07) is 14.1. The smallest absolute Gasteiger partial charge is 0.336 e. The number of benzene rings is 2. The molecular formula is C21H17BrN2O3. The molecule has 0 radical (unpaired) electrons. The van der Waals surface area contributed by atoms with E-state index in [1.807, 2.05) is 24.1 Å². The SMILES string of the molecule is C#Cc1cccc(NC(=O)CN(C)Cc2cc(=O)oc3cc(Br)ccc23)c1. The second kappa shape index (κ2) is 8.21. The van der Waals surface area contributed by atoms with Crippen LogP contribution in [0.3, 0.4) is 0 Å². The fraction of sp³-hybridized carbons (Fsp3) is 0.143. The van der Waals surface area contributed by atoms with Gasteiger partial charge in [0.1, 0.15) is 5.58 Å². The van der Waals surface area contributed by atoms with Crippen molar-refractivity contribution in [2.75, 3.05) is 18.9 Å². The van der Waals surface area contributed by atoms with Crippen molar-refractivity contribution in [1.29, 1.82) is 0 Å². The number of rotatable bonds is 5. The zero-order chi connectivity index (χ0) is 19.4. The summed E-state index contributed by atoms with van der Waals surface area (Å²) in [4.78, 5) is 26.0. The average molecular weight is 425 g/mol. The van der Waals surface area contributed by atoms with Crippen LogP contribution in [0.5, 0.6) is 0 Å². The Kier molecular flexibility index (Phi) is 5.75. The van der Waals surface area contributed by atoms with Gasteiger partial charge >= 0.3 is 5.63 Å². The van der Waals surface area contributed by atoms with E-state index in [9.17, 15) is 9.59 Å². The maximum atomic E-state index is 12.3. The van der Waals surface area contributed by atoms with Gasteiger partial charge in [0.15, 0.2) is 0 Å². The topological polar surface area (TPSA) is 62.6 Å². The van der Waals surface area contributed by atoms with Crippen molar-refractivity contribution in [3.63, 3.8) is 0 Å². The second-order valence-corrected chi connectivity index (χ2v) is 7.09. The minimum Gasteiger partial charge on any atom is -0.423 e. The van der Waals surface area contributed by atoms with Crippen LogP contribution in [-0.4, -0.2) is 24.4 Å². The Bertz CT molecular complexity index is 1100. The summed E-state index contributed by atoms with van der Waals surface area (Å²) in [6.07, 6.45) is 5.38. The summed E-state index contributed by atoms with van der Waals surface area (Å²) in [7, 11) is 1.82. The molecule has 0 spiro atoms. The fourth-order valence-corrected chi connectivity index (χ4v) is 3.15. The fourth-order valence-electron chi connectivity index (χ4n) is 2.81. The van der Waals surface area contributed by atoms with E-state index in [0.717, 1.165) is 15.4 Å². The lowest BCUT2D eigenvalue weighted by molar-refractivity contribution is -0.117. The molecule has 3 aromatic rings. The third kappa shape index (κ3) is 4.85. The summed E-state index contributed by atoms with van der Waals surface area (Å²) in [6.45, 7) is 0.597. The van der Waals surface area contributed by atoms with Crippen molar-refractivity contribution in [3.8, 4) is 12.3 Å². The predicted molar refractivity (Wildman–Crippen MR) is 110 cm³/mol. The highest BCUT2D eigenvalue weighted by molar-refractivity contribution is 9.10. The zero-order valence-electron chi connectivity index (χ0n) is 14.7. The number of nitrogens with zero attached hydrogens (tertiary/aromatic N) is 1. The van der Waals surface area contributed by atoms with Crippen molar-refractivity contribution in [2.24, 2.45) is 0 Å². The van der Waals surface area contributed by atoms with Gasteiger partial charge in [0.05, 0.1) is 6.54 Å². The number of carbonyl (C=O) groups is 1. The van der Waals surface area contributed by atoms with E-state index in [2.05, 4.69) is 27.2 Å². The number of halogens is 1. The number of hydrogen-bond acceptors (Lipinski definition) is 4. The molecule has 5 nitrogen and oxygen atoms in total. The molecule has 0 saturated carbocycles. The van der Waals surface area contributed by atoms with Crippen LogP contribution in [0, 0.1) is 12.3 Å². The Morgan fingerprint density at radius 3 is 2.85 bits per heavy atom. The van der Waals surface area contributed by atoms with Gasteiger partial charge in [-0.1, -0.05) is 27.9 Å². The maximum Gasteiger partial charge on any atom is 0.336 e. The number of terminal acetylenes is 1. The number of carbonyl (C=O) groups excluding carboxylic acids is 1. The lowest BCUT2D eigenvalue weighted by atomic mass is 10.1. The molecule has 0 atom stereocenters. The normalized spacial score (nSPS) is 10.7. The highest BCUT2D eigenvalue weighted by atomic mass is 79.9. The first-order valence-corrected chi connectivity index (χ1v) is 9.01. The third-order valence-corrected chi connectivity index (χ3v) is 4.45. The Balaban J connectivity index is 1.71. The van der Waals surface area contributed by atoms with Crippen molar-refractivity contribution < 1.29 is 9.21 Å². The lowest BCUT2D eigenvalue weighted by Gasteiger charge is -2.17. The number of amides is 1. The van der Waals surface area contributed by atoms with E-state index < -0.39 is 5.63 Å². The highest BCUT2D eigenvalue weighted by Crippen LogP contribution is 2.22. The molecule has 2 aromatic carbocycles. The molecule has 1 N–H and O–H groups in total. The first kappa shape index (κ1) is 18.9. The van der Waals surface area contributed by atoms with Gasteiger partial charge < -0.3 is 9.73 Å². The molecular weight excluding hydrogens is 408 g/mol. The minimum atomic E-state index is -0.417. The molecule has 0 saturated heterocycles. The van der Waals surface area contributed by atoms with Gasteiger partial charge in [-0.3, -0.25) is 9.69 Å². The van der Waals surface area contributed by atoms with Crippen LogP contribution < -0.4 is 10.9 Å². The van der Waals surface area contributed by atoms with E-state index >= 15 is 0 Å². The molecule has 0 aliphatic carbocycles. The van der Waals surface area contributed by atoms with Crippen LogP contribution in [0.4, 0.5) is 5.69 Å². The van der Waals surface area contributed by atoms with Gasteiger partial charge in [-0.25, -0.2) is 4.79 Å². The monoisotopic (exact) mass is 424 g/mol. The van der Waals surface area contributed by atoms with E-state index in [1.165, 1.54) is 6.07 Å². The molecule has 1 aromatic heterocycles. The zero-order valence-corrected chi connectivity index (χ0v) is 16.2. The molecule has 0 bridgehead atoms. The molecule has 0 aliphatic heterocycles. The molecule has 3 rings (SSSR count). The molecule has 27 heavy (non-hydrogen) atoms. The van der Waals surface area contributed by atoms with Crippen LogP contribution in [0.15, 0.2) is 62.2 Å². The lowest BCUT2D eigenvalue weighted by Crippen LogP contribution is -2.30. The van der Waals surface area contributed by atoms with Gasteiger partial charge in [-0.2, -0.15) is 0 Å². The highest BCUT2D eigenvalue weighted by Gasteiger charge is 2.12. The largest absolute Gasteiger partial charge is 0.423 e. The summed E-state index contributed by atoms with van der Waals surface area (Å²) >= 11 is 3.37. The van der Waals surface area contributed by atoms with Crippen molar-refractivity contribution in [2.45, 2.75) is 6.54 Å². The quantitative estimate of drug-likeness (QED) is 0.501. The third-order valence-electron chi connectivity index (χ3n) is 3.96. The van der Waals surface area contributed by atoms with E-state index in [1.54, 1.807) is 30.3 Å². The first-order chi connectivity index (χ1) is 12.9. The summed E-state index contributed by atoms with van der Waals surface area (Å²) in [5.74, 6) is 2.37. The van der Waals surface area contributed by atoms with Gasteiger partial charge in [-0.05, 0) is 49.0 Å². The Labute approximate surface area is 165 Å². The summed E-state index contributed by atoms with van der Waals surface area (Å²) < 4.78 is 6.08. The van der Waals surface area contributed by atoms with Crippen LogP contribution in [0.1, 0.15) is 11.1 Å². The summed E-state index contributed by atoms with van der Waals surface area (Å²) in [5.41, 5.74) is 2.25. The molecule has 0 fully saturated rings. The van der Waals surface area contributed by atoms with Crippen molar-refractivity contribution in [1.82, 2.24) is 4.90 Å². The van der Waals surface area contributed by atoms with E-state index in [-0.39, 0.29) is 12.5 Å². The van der Waals surface area contributed by atoms with E-state index in [4.69, 9.17) is 10.8 Å². The van der Waals surface area contributed by atoms with Gasteiger partial charge in [-0.15, -0.1) is 6.42 Å². The number of hydrogen-bond donors (Lipinski definition) is 1. The van der Waals surface area contributed by atoms with Crippen LogP contribution in [-0.2, 0) is 11.3 Å². The molecule has 0 aliphatic rings. The Hall–Kier alpha value is -2.88. The number of anilines is 1.